The fourth-order valence-electron chi connectivity index (χ4n) is 2.54. The van der Waals surface area contributed by atoms with Crippen molar-refractivity contribution in [1.29, 1.82) is 0 Å². The summed E-state index contributed by atoms with van der Waals surface area (Å²) in [4.78, 5) is 21.2. The molecule has 0 radical (unpaired) electrons. The molecule has 0 heterocycles. The number of unbranched alkanes of at least 4 members (excludes halogenated alkanes) is 11. The summed E-state index contributed by atoms with van der Waals surface area (Å²) in [6.07, 6.45) is 21.9. The minimum absolute atomic E-state index is 0.107. The van der Waals surface area contributed by atoms with Gasteiger partial charge in [-0.3, -0.25) is 9.59 Å². The highest BCUT2D eigenvalue weighted by Crippen LogP contribution is 2.10. The molecule has 0 unspecified atom stereocenters. The van der Waals surface area contributed by atoms with Gasteiger partial charge in [-0.1, -0.05) is 70.4 Å². The quantitative estimate of drug-likeness (QED) is 0.148. The van der Waals surface area contributed by atoms with Crippen molar-refractivity contribution in [2.24, 2.45) is 0 Å². The molecule has 0 fully saturated rings. The van der Waals surface area contributed by atoms with E-state index in [1.807, 2.05) is 0 Å². The van der Waals surface area contributed by atoms with Crippen LogP contribution in [-0.2, 0) is 14.3 Å². The van der Waals surface area contributed by atoms with Crippen LogP contribution in [0.2, 0.25) is 0 Å². The maximum absolute atomic E-state index is 11.1. The van der Waals surface area contributed by atoms with Crippen molar-refractivity contribution in [1.82, 2.24) is 0 Å². The Hall–Kier alpha value is -1.12. The van der Waals surface area contributed by atoms with Crippen molar-refractivity contribution in [2.75, 3.05) is 6.61 Å². The molecule has 0 aromatic heterocycles. The van der Waals surface area contributed by atoms with Crippen LogP contribution in [0.3, 0.4) is 0 Å². The molecule has 0 aliphatic heterocycles. The van der Waals surface area contributed by atoms with E-state index >= 15 is 0 Å². The number of allylic oxidation sites excluding steroid dienone is 2. The highest BCUT2D eigenvalue weighted by Gasteiger charge is 2.01. The topological polar surface area (TPSA) is 43.4 Å². The standard InChI is InChI=1S/C20H36O3/c1-2-3-4-5-6-7-8-9-10-11-12-13-14-15-16-17-20(22)23-19-18-21/h9-10,18H,2-8,11-17,19H2,1H3/b10-9-. The van der Waals surface area contributed by atoms with Crippen molar-refractivity contribution < 1.29 is 14.3 Å². The summed E-state index contributed by atoms with van der Waals surface area (Å²) < 4.78 is 4.69. The second-order valence-corrected chi connectivity index (χ2v) is 6.18. The molecule has 0 N–H and O–H groups in total. The fraction of sp³-hybridized carbons (Fsp3) is 0.800. The van der Waals surface area contributed by atoms with Crippen molar-refractivity contribution >= 4 is 12.3 Å². The van der Waals surface area contributed by atoms with Gasteiger partial charge in [-0.2, -0.15) is 0 Å². The van der Waals surface area contributed by atoms with Crippen LogP contribution in [0.1, 0.15) is 96.8 Å². The van der Waals surface area contributed by atoms with Gasteiger partial charge in [0.15, 0.2) is 6.29 Å². The van der Waals surface area contributed by atoms with E-state index in [1.54, 1.807) is 0 Å². The molecule has 23 heavy (non-hydrogen) atoms. The maximum Gasteiger partial charge on any atom is 0.306 e. The lowest BCUT2D eigenvalue weighted by Gasteiger charge is -2.01. The second-order valence-electron chi connectivity index (χ2n) is 6.18. The maximum atomic E-state index is 11.1. The first-order chi connectivity index (χ1) is 11.3. The molecule has 3 heteroatoms. The predicted octanol–water partition coefficient (Wildman–Crippen LogP) is 5.77. The lowest BCUT2D eigenvalue weighted by atomic mass is 10.1. The zero-order valence-corrected chi connectivity index (χ0v) is 15.1. The van der Waals surface area contributed by atoms with Gasteiger partial charge < -0.3 is 4.74 Å². The van der Waals surface area contributed by atoms with Crippen molar-refractivity contribution in [3.05, 3.63) is 12.2 Å². The van der Waals surface area contributed by atoms with Crippen LogP contribution >= 0.6 is 0 Å². The number of rotatable bonds is 17. The number of carbonyl (C=O) groups is 2. The molecule has 0 amide bonds. The third-order valence-corrected chi connectivity index (χ3v) is 3.96. The highest BCUT2D eigenvalue weighted by atomic mass is 16.5. The predicted molar refractivity (Wildman–Crippen MR) is 96.5 cm³/mol. The van der Waals surface area contributed by atoms with Crippen molar-refractivity contribution in [2.45, 2.75) is 96.8 Å². The van der Waals surface area contributed by atoms with E-state index in [2.05, 4.69) is 19.1 Å². The minimum Gasteiger partial charge on any atom is -0.458 e. The molecule has 0 bridgehead atoms. The van der Waals surface area contributed by atoms with E-state index in [1.165, 1.54) is 70.6 Å². The van der Waals surface area contributed by atoms with Gasteiger partial charge >= 0.3 is 5.97 Å². The Labute approximate surface area is 142 Å². The molecular weight excluding hydrogens is 288 g/mol. The summed E-state index contributed by atoms with van der Waals surface area (Å²) in [6, 6.07) is 0. The number of carbonyl (C=O) groups excluding carboxylic acids is 2. The van der Waals surface area contributed by atoms with Gasteiger partial charge in [0.25, 0.3) is 0 Å². The van der Waals surface area contributed by atoms with Crippen LogP contribution in [0.4, 0.5) is 0 Å². The first-order valence-corrected chi connectivity index (χ1v) is 9.55. The number of aldehydes is 1. The van der Waals surface area contributed by atoms with Gasteiger partial charge in [-0.15, -0.1) is 0 Å². The van der Waals surface area contributed by atoms with Gasteiger partial charge in [0.2, 0.25) is 0 Å². The number of ether oxygens (including phenoxy) is 1. The van der Waals surface area contributed by atoms with E-state index in [0.717, 1.165) is 12.8 Å². The molecule has 0 saturated carbocycles. The Kier molecular flexibility index (Phi) is 18.0. The molecule has 0 aromatic carbocycles. The Morgan fingerprint density at radius 1 is 0.783 bits per heavy atom. The first kappa shape index (κ1) is 21.9. The van der Waals surface area contributed by atoms with E-state index in [4.69, 9.17) is 4.74 Å². The Morgan fingerprint density at radius 2 is 1.30 bits per heavy atom. The third kappa shape index (κ3) is 18.8. The summed E-state index contributed by atoms with van der Waals surface area (Å²) in [5.74, 6) is -0.255. The lowest BCUT2D eigenvalue weighted by Crippen LogP contribution is -2.05. The summed E-state index contributed by atoms with van der Waals surface area (Å²) >= 11 is 0. The summed E-state index contributed by atoms with van der Waals surface area (Å²) in [5, 5.41) is 0. The normalized spacial score (nSPS) is 11.0. The van der Waals surface area contributed by atoms with E-state index in [9.17, 15) is 9.59 Å². The van der Waals surface area contributed by atoms with E-state index in [-0.39, 0.29) is 12.6 Å². The van der Waals surface area contributed by atoms with Gasteiger partial charge in [0.05, 0.1) is 0 Å². The van der Waals surface area contributed by atoms with Crippen LogP contribution in [0, 0.1) is 0 Å². The van der Waals surface area contributed by atoms with Gasteiger partial charge in [0.1, 0.15) is 6.61 Å². The monoisotopic (exact) mass is 324 g/mol. The molecule has 0 spiro atoms. The smallest absolute Gasteiger partial charge is 0.306 e. The number of esters is 1. The zero-order chi connectivity index (χ0) is 17.0. The lowest BCUT2D eigenvalue weighted by molar-refractivity contribution is -0.145. The number of hydrogen-bond donors (Lipinski definition) is 0. The molecule has 134 valence electrons. The summed E-state index contributed by atoms with van der Waals surface area (Å²) in [5.41, 5.74) is 0. The summed E-state index contributed by atoms with van der Waals surface area (Å²) in [7, 11) is 0. The van der Waals surface area contributed by atoms with E-state index < -0.39 is 0 Å². The van der Waals surface area contributed by atoms with Crippen LogP contribution in [0.5, 0.6) is 0 Å². The average Bonchev–Trinajstić information content (AvgIpc) is 2.56. The Bertz CT molecular complexity index is 297. The third-order valence-electron chi connectivity index (χ3n) is 3.96. The molecule has 0 saturated heterocycles. The summed E-state index contributed by atoms with van der Waals surface area (Å²) in [6.45, 7) is 2.15. The van der Waals surface area contributed by atoms with Gasteiger partial charge in [-0.05, 0) is 32.1 Å². The van der Waals surface area contributed by atoms with Crippen LogP contribution in [-0.4, -0.2) is 18.9 Å². The van der Waals surface area contributed by atoms with Crippen LogP contribution < -0.4 is 0 Å². The van der Waals surface area contributed by atoms with Crippen LogP contribution in [0.25, 0.3) is 0 Å². The molecular formula is C20H36O3. The molecule has 3 nitrogen and oxygen atoms in total. The molecule has 0 aliphatic carbocycles. The first-order valence-electron chi connectivity index (χ1n) is 9.55. The van der Waals surface area contributed by atoms with Gasteiger partial charge in [-0.25, -0.2) is 0 Å². The van der Waals surface area contributed by atoms with Crippen LogP contribution in [0.15, 0.2) is 12.2 Å². The largest absolute Gasteiger partial charge is 0.458 e. The SMILES string of the molecule is CCCCCCCC/C=C\CCCCCCCC(=O)OCC=O. The Morgan fingerprint density at radius 3 is 1.87 bits per heavy atom. The molecule has 0 aliphatic rings. The van der Waals surface area contributed by atoms with E-state index in [0.29, 0.717) is 12.7 Å². The molecule has 0 aromatic rings. The zero-order valence-electron chi connectivity index (χ0n) is 15.1. The van der Waals surface area contributed by atoms with Gasteiger partial charge in [0, 0.05) is 6.42 Å². The van der Waals surface area contributed by atoms with Crippen molar-refractivity contribution in [3.63, 3.8) is 0 Å². The average molecular weight is 325 g/mol. The highest BCUT2D eigenvalue weighted by molar-refractivity contribution is 5.71. The second kappa shape index (κ2) is 18.9. The minimum atomic E-state index is -0.255. The molecule has 0 atom stereocenters. The fourth-order valence-corrected chi connectivity index (χ4v) is 2.54. The molecule has 0 rings (SSSR count). The van der Waals surface area contributed by atoms with Crippen molar-refractivity contribution in [3.8, 4) is 0 Å². The Balaban J connectivity index is 3.16. The number of hydrogen-bond acceptors (Lipinski definition) is 3.